The average Bonchev–Trinajstić information content (AvgIpc) is 2.59. The summed E-state index contributed by atoms with van der Waals surface area (Å²) < 4.78 is 41.1. The van der Waals surface area contributed by atoms with Gasteiger partial charge in [0.05, 0.1) is 11.8 Å². The standard InChI is InChI=1S/C19H22FNO4S/c1-4-14(2)21(19(22)17-7-5-6-8-18(17)20)13-15-9-11-16(12-10-15)25-26(3,23)24/h5-12,14H,4,13H2,1-3H3/t14-/m0/s1. The van der Waals surface area contributed by atoms with Crippen LogP contribution in [-0.2, 0) is 16.7 Å². The molecule has 5 nitrogen and oxygen atoms in total. The Balaban J connectivity index is 2.23. The van der Waals surface area contributed by atoms with Crippen molar-refractivity contribution in [3.63, 3.8) is 0 Å². The molecule has 0 aromatic heterocycles. The molecule has 0 N–H and O–H groups in total. The van der Waals surface area contributed by atoms with Crippen molar-refractivity contribution in [2.24, 2.45) is 0 Å². The van der Waals surface area contributed by atoms with Crippen molar-refractivity contribution in [1.29, 1.82) is 0 Å². The van der Waals surface area contributed by atoms with E-state index in [-0.39, 0.29) is 29.8 Å². The van der Waals surface area contributed by atoms with E-state index >= 15 is 0 Å². The van der Waals surface area contributed by atoms with Gasteiger partial charge in [-0.3, -0.25) is 4.79 Å². The number of carbonyl (C=O) groups excluding carboxylic acids is 1. The minimum atomic E-state index is -3.59. The van der Waals surface area contributed by atoms with E-state index in [0.717, 1.165) is 18.2 Å². The minimum Gasteiger partial charge on any atom is -0.383 e. The largest absolute Gasteiger partial charge is 0.383 e. The molecular weight excluding hydrogens is 357 g/mol. The van der Waals surface area contributed by atoms with E-state index in [1.165, 1.54) is 24.3 Å². The molecule has 0 aliphatic heterocycles. The van der Waals surface area contributed by atoms with Crippen molar-refractivity contribution in [3.05, 3.63) is 65.5 Å². The highest BCUT2D eigenvalue weighted by Crippen LogP contribution is 2.19. The number of amides is 1. The van der Waals surface area contributed by atoms with Gasteiger partial charge in [0.1, 0.15) is 11.6 Å². The van der Waals surface area contributed by atoms with Crippen molar-refractivity contribution >= 4 is 16.0 Å². The summed E-state index contributed by atoms with van der Waals surface area (Å²) in [6.45, 7) is 4.14. The van der Waals surface area contributed by atoms with Crippen LogP contribution in [0.5, 0.6) is 5.75 Å². The Morgan fingerprint density at radius 2 is 1.77 bits per heavy atom. The van der Waals surface area contributed by atoms with Gasteiger partial charge in [-0.05, 0) is 43.2 Å². The molecule has 2 aromatic rings. The van der Waals surface area contributed by atoms with Gasteiger partial charge >= 0.3 is 10.1 Å². The summed E-state index contributed by atoms with van der Waals surface area (Å²) in [7, 11) is -3.59. The maximum absolute atomic E-state index is 14.0. The molecule has 2 rings (SSSR count). The Labute approximate surface area is 153 Å². The van der Waals surface area contributed by atoms with Gasteiger partial charge in [0.15, 0.2) is 0 Å². The normalized spacial score (nSPS) is 12.5. The fourth-order valence-corrected chi connectivity index (χ4v) is 2.92. The lowest BCUT2D eigenvalue weighted by atomic mass is 10.1. The van der Waals surface area contributed by atoms with Crippen LogP contribution in [0.1, 0.15) is 36.2 Å². The van der Waals surface area contributed by atoms with E-state index in [0.29, 0.717) is 0 Å². The molecule has 0 aliphatic rings. The number of nitrogens with zero attached hydrogens (tertiary/aromatic N) is 1. The molecule has 140 valence electrons. The number of halogens is 1. The monoisotopic (exact) mass is 379 g/mol. The molecule has 26 heavy (non-hydrogen) atoms. The zero-order valence-corrected chi connectivity index (χ0v) is 15.8. The first kappa shape index (κ1) is 19.9. The lowest BCUT2D eigenvalue weighted by molar-refractivity contribution is 0.0666. The van der Waals surface area contributed by atoms with E-state index in [9.17, 15) is 17.6 Å². The van der Waals surface area contributed by atoms with Gasteiger partial charge in [0, 0.05) is 12.6 Å². The maximum atomic E-state index is 14.0. The van der Waals surface area contributed by atoms with Crippen LogP contribution in [0.2, 0.25) is 0 Å². The molecule has 0 spiro atoms. The smallest absolute Gasteiger partial charge is 0.306 e. The highest BCUT2D eigenvalue weighted by molar-refractivity contribution is 7.86. The number of benzene rings is 2. The third kappa shape index (κ3) is 5.29. The van der Waals surface area contributed by atoms with Gasteiger partial charge in [-0.25, -0.2) is 4.39 Å². The SMILES string of the molecule is CC[C@H](C)N(Cc1ccc(OS(C)(=O)=O)cc1)C(=O)c1ccccc1F. The van der Waals surface area contributed by atoms with Gasteiger partial charge in [0.2, 0.25) is 0 Å². The van der Waals surface area contributed by atoms with Crippen LogP contribution in [-0.4, -0.2) is 31.5 Å². The maximum Gasteiger partial charge on any atom is 0.306 e. The molecule has 0 saturated heterocycles. The topological polar surface area (TPSA) is 63.7 Å². The van der Waals surface area contributed by atoms with Crippen molar-refractivity contribution < 1.29 is 21.8 Å². The van der Waals surface area contributed by atoms with E-state index in [1.54, 1.807) is 29.2 Å². The average molecular weight is 379 g/mol. The highest BCUT2D eigenvalue weighted by atomic mass is 32.2. The van der Waals surface area contributed by atoms with E-state index in [1.807, 2.05) is 13.8 Å². The first-order valence-electron chi connectivity index (χ1n) is 8.25. The van der Waals surface area contributed by atoms with Crippen molar-refractivity contribution in [2.45, 2.75) is 32.9 Å². The Morgan fingerprint density at radius 1 is 1.15 bits per heavy atom. The third-order valence-corrected chi connectivity index (χ3v) is 4.51. The summed E-state index contributed by atoms with van der Waals surface area (Å²) in [5.41, 5.74) is 0.820. The van der Waals surface area contributed by atoms with Gasteiger partial charge in [-0.1, -0.05) is 31.2 Å². The first-order valence-corrected chi connectivity index (χ1v) is 10.1. The van der Waals surface area contributed by atoms with Crippen molar-refractivity contribution in [3.8, 4) is 5.75 Å². The van der Waals surface area contributed by atoms with E-state index < -0.39 is 15.9 Å². The van der Waals surface area contributed by atoms with Crippen LogP contribution >= 0.6 is 0 Å². The van der Waals surface area contributed by atoms with E-state index in [4.69, 9.17) is 4.18 Å². The molecule has 1 atom stereocenters. The summed E-state index contributed by atoms with van der Waals surface area (Å²) >= 11 is 0. The molecule has 1 amide bonds. The van der Waals surface area contributed by atoms with Crippen LogP contribution in [0.15, 0.2) is 48.5 Å². The van der Waals surface area contributed by atoms with Gasteiger partial charge < -0.3 is 9.08 Å². The fourth-order valence-electron chi connectivity index (χ4n) is 2.46. The molecule has 2 aromatic carbocycles. The second kappa shape index (κ2) is 8.31. The molecule has 0 bridgehead atoms. The zero-order chi connectivity index (χ0) is 19.3. The van der Waals surface area contributed by atoms with E-state index in [2.05, 4.69) is 0 Å². The second-order valence-electron chi connectivity index (χ2n) is 6.10. The molecule has 0 aliphatic carbocycles. The second-order valence-corrected chi connectivity index (χ2v) is 7.68. The van der Waals surface area contributed by atoms with Crippen LogP contribution in [0.25, 0.3) is 0 Å². The fraction of sp³-hybridized carbons (Fsp3) is 0.316. The van der Waals surface area contributed by atoms with Crippen LogP contribution in [0, 0.1) is 5.82 Å². The van der Waals surface area contributed by atoms with Crippen LogP contribution < -0.4 is 4.18 Å². The lowest BCUT2D eigenvalue weighted by Gasteiger charge is -2.29. The molecule has 0 saturated carbocycles. The highest BCUT2D eigenvalue weighted by Gasteiger charge is 2.23. The summed E-state index contributed by atoms with van der Waals surface area (Å²) in [5.74, 6) is -0.733. The molecular formula is C19H22FNO4S. The molecule has 0 heterocycles. The van der Waals surface area contributed by atoms with Gasteiger partial charge in [-0.15, -0.1) is 0 Å². The predicted molar refractivity (Wildman–Crippen MR) is 97.9 cm³/mol. The third-order valence-electron chi connectivity index (χ3n) is 4.01. The zero-order valence-electron chi connectivity index (χ0n) is 15.0. The Hall–Kier alpha value is -2.41. The van der Waals surface area contributed by atoms with Crippen molar-refractivity contribution in [1.82, 2.24) is 4.90 Å². The number of rotatable bonds is 7. The Bertz CT molecular complexity index is 865. The minimum absolute atomic E-state index is 0.0322. The number of carbonyl (C=O) groups is 1. The van der Waals surface area contributed by atoms with Crippen LogP contribution in [0.3, 0.4) is 0 Å². The summed E-state index contributed by atoms with van der Waals surface area (Å²) in [6.07, 6.45) is 1.69. The number of hydrogen-bond acceptors (Lipinski definition) is 4. The molecule has 0 radical (unpaired) electrons. The summed E-state index contributed by atoms with van der Waals surface area (Å²) in [5, 5.41) is 0. The summed E-state index contributed by atoms with van der Waals surface area (Å²) in [6, 6.07) is 12.2. The van der Waals surface area contributed by atoms with Crippen LogP contribution in [0.4, 0.5) is 4.39 Å². The van der Waals surface area contributed by atoms with Crippen molar-refractivity contribution in [2.75, 3.05) is 6.26 Å². The molecule has 0 unspecified atom stereocenters. The quantitative estimate of drug-likeness (QED) is 0.690. The molecule has 0 fully saturated rings. The predicted octanol–water partition coefficient (Wildman–Crippen LogP) is 3.61. The summed E-state index contributed by atoms with van der Waals surface area (Å²) in [4.78, 5) is 14.4. The van der Waals surface area contributed by atoms with Gasteiger partial charge in [0.25, 0.3) is 5.91 Å². The number of hydrogen-bond donors (Lipinski definition) is 0. The molecule has 7 heteroatoms. The Morgan fingerprint density at radius 3 is 2.31 bits per heavy atom. The van der Waals surface area contributed by atoms with Gasteiger partial charge in [-0.2, -0.15) is 8.42 Å². The first-order chi connectivity index (χ1) is 12.2. The lowest BCUT2D eigenvalue weighted by Crippen LogP contribution is -2.38. The Kier molecular flexibility index (Phi) is 6.37.